The summed E-state index contributed by atoms with van der Waals surface area (Å²) in [6.45, 7) is 5.47. The fourth-order valence-electron chi connectivity index (χ4n) is 2.32. The molecule has 0 aliphatic heterocycles. The van der Waals surface area contributed by atoms with Crippen molar-refractivity contribution in [2.24, 2.45) is 0 Å². The normalized spacial score (nSPS) is 10.5. The van der Waals surface area contributed by atoms with Crippen molar-refractivity contribution in [2.45, 2.75) is 13.2 Å². The molecular formula is C19H22ClNO3. The summed E-state index contributed by atoms with van der Waals surface area (Å²) in [7, 11) is 1.61. The van der Waals surface area contributed by atoms with Crippen molar-refractivity contribution >= 4 is 17.7 Å². The van der Waals surface area contributed by atoms with Gasteiger partial charge in [0.1, 0.15) is 6.61 Å². The van der Waals surface area contributed by atoms with E-state index in [9.17, 15) is 0 Å². The van der Waals surface area contributed by atoms with Crippen LogP contribution in [0.4, 0.5) is 0 Å². The van der Waals surface area contributed by atoms with Crippen molar-refractivity contribution in [1.82, 2.24) is 5.32 Å². The minimum Gasteiger partial charge on any atom is -0.493 e. The number of aliphatic hydroxyl groups is 1. The molecule has 2 N–H and O–H groups in total. The van der Waals surface area contributed by atoms with Gasteiger partial charge < -0.3 is 19.9 Å². The zero-order chi connectivity index (χ0) is 17.4. The quantitative estimate of drug-likeness (QED) is 0.680. The maximum Gasteiger partial charge on any atom is 0.168 e. The lowest BCUT2D eigenvalue weighted by Crippen LogP contribution is -2.17. The summed E-state index contributed by atoms with van der Waals surface area (Å²) in [5.74, 6) is 1.28. The molecule has 0 radical (unpaired) electrons. The largest absolute Gasteiger partial charge is 0.493 e. The van der Waals surface area contributed by atoms with Crippen LogP contribution in [0, 0.1) is 0 Å². The third-order valence-electron chi connectivity index (χ3n) is 3.53. The first-order valence-corrected chi connectivity index (χ1v) is 8.08. The van der Waals surface area contributed by atoms with Gasteiger partial charge in [0.05, 0.1) is 13.7 Å². The molecule has 0 fully saturated rings. The second kappa shape index (κ2) is 9.33. The molecule has 0 amide bonds. The number of ether oxygens (including phenoxy) is 2. The molecule has 4 nitrogen and oxygen atoms in total. The number of hydrogen-bond acceptors (Lipinski definition) is 4. The van der Waals surface area contributed by atoms with Crippen LogP contribution in [-0.4, -0.2) is 25.4 Å². The Bertz CT molecular complexity index is 688. The first-order chi connectivity index (χ1) is 11.7. The van der Waals surface area contributed by atoms with Gasteiger partial charge in [0.15, 0.2) is 11.5 Å². The van der Waals surface area contributed by atoms with Crippen LogP contribution in [0.1, 0.15) is 16.7 Å². The predicted octanol–water partition coefficient (Wildman–Crippen LogP) is 3.65. The SMILES string of the molecule is C=Cc1cc(CNCCO)cc(OC)c1OCc1ccccc1Cl. The van der Waals surface area contributed by atoms with Crippen LogP contribution in [-0.2, 0) is 13.2 Å². The highest BCUT2D eigenvalue weighted by atomic mass is 35.5. The molecule has 0 aliphatic carbocycles. The fourth-order valence-corrected chi connectivity index (χ4v) is 2.51. The van der Waals surface area contributed by atoms with Gasteiger partial charge in [-0.1, -0.05) is 42.5 Å². The molecule has 0 bridgehead atoms. The molecule has 0 aliphatic rings. The maximum atomic E-state index is 8.86. The van der Waals surface area contributed by atoms with Gasteiger partial charge in [-0.2, -0.15) is 0 Å². The van der Waals surface area contributed by atoms with Crippen LogP contribution >= 0.6 is 11.6 Å². The number of benzene rings is 2. The second-order valence-corrected chi connectivity index (χ2v) is 5.61. The van der Waals surface area contributed by atoms with E-state index in [0.717, 1.165) is 16.7 Å². The highest BCUT2D eigenvalue weighted by Gasteiger charge is 2.12. The van der Waals surface area contributed by atoms with E-state index in [1.165, 1.54) is 0 Å². The standard InChI is InChI=1S/C19H22ClNO3/c1-3-15-10-14(12-21-8-9-22)11-18(23-2)19(15)24-13-16-6-4-5-7-17(16)20/h3-7,10-11,21-22H,1,8-9,12-13H2,2H3. The molecule has 0 heterocycles. The summed E-state index contributed by atoms with van der Waals surface area (Å²) in [6, 6.07) is 11.5. The minimum absolute atomic E-state index is 0.102. The highest BCUT2D eigenvalue weighted by Crippen LogP contribution is 2.34. The van der Waals surface area contributed by atoms with E-state index in [-0.39, 0.29) is 6.61 Å². The summed E-state index contributed by atoms with van der Waals surface area (Å²) in [6.07, 6.45) is 1.74. The average Bonchev–Trinajstić information content (AvgIpc) is 2.61. The van der Waals surface area contributed by atoms with E-state index < -0.39 is 0 Å². The van der Waals surface area contributed by atoms with E-state index in [1.807, 2.05) is 36.4 Å². The van der Waals surface area contributed by atoms with Crippen molar-refractivity contribution in [2.75, 3.05) is 20.3 Å². The van der Waals surface area contributed by atoms with E-state index >= 15 is 0 Å². The van der Waals surface area contributed by atoms with Crippen LogP contribution < -0.4 is 14.8 Å². The highest BCUT2D eigenvalue weighted by molar-refractivity contribution is 6.31. The smallest absolute Gasteiger partial charge is 0.168 e. The van der Waals surface area contributed by atoms with Crippen LogP contribution in [0.5, 0.6) is 11.5 Å². The van der Waals surface area contributed by atoms with E-state index in [0.29, 0.717) is 36.2 Å². The molecule has 0 spiro atoms. The lowest BCUT2D eigenvalue weighted by atomic mass is 10.1. The van der Waals surface area contributed by atoms with Gasteiger partial charge in [0.2, 0.25) is 0 Å². The second-order valence-electron chi connectivity index (χ2n) is 5.20. The number of aliphatic hydroxyl groups excluding tert-OH is 1. The van der Waals surface area contributed by atoms with E-state index in [1.54, 1.807) is 13.2 Å². The Labute approximate surface area is 147 Å². The molecule has 128 valence electrons. The van der Waals surface area contributed by atoms with Crippen molar-refractivity contribution in [1.29, 1.82) is 0 Å². The van der Waals surface area contributed by atoms with Crippen LogP contribution in [0.25, 0.3) is 6.08 Å². The minimum atomic E-state index is 0.102. The molecule has 0 saturated carbocycles. The average molecular weight is 348 g/mol. The third-order valence-corrected chi connectivity index (χ3v) is 3.90. The first-order valence-electron chi connectivity index (χ1n) is 7.70. The molecule has 0 atom stereocenters. The lowest BCUT2D eigenvalue weighted by molar-refractivity contribution is 0.283. The summed E-state index contributed by atoms with van der Waals surface area (Å²) in [4.78, 5) is 0. The van der Waals surface area contributed by atoms with Gasteiger partial charge in [0, 0.05) is 29.2 Å². The van der Waals surface area contributed by atoms with Gasteiger partial charge in [-0.05, 0) is 23.8 Å². The number of nitrogens with one attached hydrogen (secondary N) is 1. The fraction of sp³-hybridized carbons (Fsp3) is 0.263. The van der Waals surface area contributed by atoms with E-state index in [2.05, 4.69) is 11.9 Å². The van der Waals surface area contributed by atoms with Crippen LogP contribution in [0.15, 0.2) is 43.0 Å². The van der Waals surface area contributed by atoms with Crippen molar-refractivity contribution in [3.63, 3.8) is 0 Å². The molecular weight excluding hydrogens is 326 g/mol. The summed E-state index contributed by atoms with van der Waals surface area (Å²) in [5, 5.41) is 12.7. The van der Waals surface area contributed by atoms with E-state index in [4.69, 9.17) is 26.2 Å². The molecule has 0 unspecified atom stereocenters. The summed E-state index contributed by atoms with van der Waals surface area (Å²) >= 11 is 6.17. The Kier molecular flexibility index (Phi) is 7.12. The van der Waals surface area contributed by atoms with Crippen molar-refractivity contribution in [3.8, 4) is 11.5 Å². The van der Waals surface area contributed by atoms with Gasteiger partial charge in [-0.15, -0.1) is 0 Å². The Morgan fingerprint density at radius 2 is 2.08 bits per heavy atom. The van der Waals surface area contributed by atoms with Gasteiger partial charge >= 0.3 is 0 Å². The maximum absolute atomic E-state index is 8.86. The Morgan fingerprint density at radius 1 is 1.29 bits per heavy atom. The number of methoxy groups -OCH3 is 1. The zero-order valence-corrected chi connectivity index (χ0v) is 14.5. The number of hydrogen-bond donors (Lipinski definition) is 2. The number of halogens is 1. The first kappa shape index (κ1) is 18.3. The van der Waals surface area contributed by atoms with Crippen LogP contribution in [0.2, 0.25) is 5.02 Å². The molecule has 24 heavy (non-hydrogen) atoms. The summed E-state index contributed by atoms with van der Waals surface area (Å²) in [5.41, 5.74) is 2.78. The molecule has 5 heteroatoms. The molecule has 2 aromatic carbocycles. The van der Waals surface area contributed by atoms with Gasteiger partial charge in [-0.25, -0.2) is 0 Å². The lowest BCUT2D eigenvalue weighted by Gasteiger charge is -2.16. The Hall–Kier alpha value is -2.01. The predicted molar refractivity (Wildman–Crippen MR) is 97.7 cm³/mol. The molecule has 2 aromatic rings. The monoisotopic (exact) mass is 347 g/mol. The Morgan fingerprint density at radius 3 is 2.75 bits per heavy atom. The Balaban J connectivity index is 2.21. The van der Waals surface area contributed by atoms with Crippen LogP contribution in [0.3, 0.4) is 0 Å². The topological polar surface area (TPSA) is 50.7 Å². The molecule has 0 saturated heterocycles. The molecule has 2 rings (SSSR count). The number of rotatable bonds is 9. The third kappa shape index (κ3) is 4.74. The zero-order valence-electron chi connectivity index (χ0n) is 13.7. The van der Waals surface area contributed by atoms with Gasteiger partial charge in [-0.3, -0.25) is 0 Å². The molecule has 0 aromatic heterocycles. The van der Waals surface area contributed by atoms with Crippen molar-refractivity contribution in [3.05, 3.63) is 64.7 Å². The summed E-state index contributed by atoms with van der Waals surface area (Å²) < 4.78 is 11.4. The van der Waals surface area contributed by atoms with Crippen molar-refractivity contribution < 1.29 is 14.6 Å². The van der Waals surface area contributed by atoms with Gasteiger partial charge in [0.25, 0.3) is 0 Å².